The van der Waals surface area contributed by atoms with E-state index in [1.54, 1.807) is 11.8 Å². The van der Waals surface area contributed by atoms with Crippen molar-refractivity contribution in [3.63, 3.8) is 0 Å². The number of carbonyl (C=O) groups is 2. The summed E-state index contributed by atoms with van der Waals surface area (Å²) >= 11 is 0. The van der Waals surface area contributed by atoms with Crippen LogP contribution in [0, 0.1) is 0 Å². The number of carbonyl (C=O) groups excluding carboxylic acids is 2. The predicted octanol–water partition coefficient (Wildman–Crippen LogP) is 3.69. The van der Waals surface area contributed by atoms with Crippen molar-refractivity contribution >= 4 is 12.1 Å². The van der Waals surface area contributed by atoms with E-state index in [-0.39, 0.29) is 12.0 Å². The molecule has 1 aliphatic heterocycles. The van der Waals surface area contributed by atoms with Crippen molar-refractivity contribution in [3.05, 3.63) is 35.9 Å². The monoisotopic (exact) mass is 319 g/mol. The van der Waals surface area contributed by atoms with Gasteiger partial charge in [0, 0.05) is 0 Å². The van der Waals surface area contributed by atoms with Gasteiger partial charge < -0.3 is 9.47 Å². The molecular formula is C18H25NO4. The number of likely N-dealkylation sites (tertiary alicyclic amines) is 1. The fourth-order valence-corrected chi connectivity index (χ4v) is 2.85. The van der Waals surface area contributed by atoms with Crippen molar-refractivity contribution in [2.45, 2.75) is 58.2 Å². The minimum atomic E-state index is -0.611. The lowest BCUT2D eigenvalue weighted by atomic mass is 10.1. The number of benzene rings is 1. The molecule has 5 heteroatoms. The van der Waals surface area contributed by atoms with Crippen LogP contribution in [0.2, 0.25) is 0 Å². The maximum Gasteiger partial charge on any atom is 0.411 e. The SMILES string of the molecule is CCOC(=O)[C@@H]1CC[C@H](c2ccccc2)N1C(=O)OC(C)(C)C. The van der Waals surface area contributed by atoms with Crippen LogP contribution in [-0.2, 0) is 14.3 Å². The van der Waals surface area contributed by atoms with Crippen LogP contribution in [0.25, 0.3) is 0 Å². The lowest BCUT2D eigenvalue weighted by Gasteiger charge is -2.31. The molecule has 126 valence electrons. The number of amides is 1. The summed E-state index contributed by atoms with van der Waals surface area (Å²) in [6, 6.07) is 8.97. The molecule has 2 atom stereocenters. The average Bonchev–Trinajstić information content (AvgIpc) is 2.91. The fraction of sp³-hybridized carbons (Fsp3) is 0.556. The molecule has 2 rings (SSSR count). The molecule has 1 saturated heterocycles. The van der Waals surface area contributed by atoms with Crippen molar-refractivity contribution in [1.82, 2.24) is 4.90 Å². The number of hydrogen-bond donors (Lipinski definition) is 0. The van der Waals surface area contributed by atoms with Gasteiger partial charge in [0.2, 0.25) is 0 Å². The quantitative estimate of drug-likeness (QED) is 0.797. The van der Waals surface area contributed by atoms with Gasteiger partial charge in [-0.25, -0.2) is 9.59 Å². The number of hydrogen-bond acceptors (Lipinski definition) is 4. The van der Waals surface area contributed by atoms with Gasteiger partial charge >= 0.3 is 12.1 Å². The second kappa shape index (κ2) is 7.02. The number of rotatable bonds is 3. The first kappa shape index (κ1) is 17.3. The highest BCUT2D eigenvalue weighted by atomic mass is 16.6. The normalized spacial score (nSPS) is 21.1. The van der Waals surface area contributed by atoms with Crippen LogP contribution < -0.4 is 0 Å². The van der Waals surface area contributed by atoms with Gasteiger partial charge in [0.25, 0.3) is 0 Å². The zero-order valence-corrected chi connectivity index (χ0v) is 14.2. The summed E-state index contributed by atoms with van der Waals surface area (Å²) in [7, 11) is 0. The molecule has 0 radical (unpaired) electrons. The van der Waals surface area contributed by atoms with E-state index in [0.717, 1.165) is 5.56 Å². The smallest absolute Gasteiger partial charge is 0.411 e. The summed E-state index contributed by atoms with van der Waals surface area (Å²) in [5.41, 5.74) is 0.394. The molecule has 1 aliphatic rings. The fourth-order valence-electron chi connectivity index (χ4n) is 2.85. The Bertz CT molecular complexity index is 550. The van der Waals surface area contributed by atoms with E-state index in [9.17, 15) is 9.59 Å². The first-order valence-electron chi connectivity index (χ1n) is 8.06. The number of nitrogens with zero attached hydrogens (tertiary/aromatic N) is 1. The highest BCUT2D eigenvalue weighted by Crippen LogP contribution is 2.37. The minimum Gasteiger partial charge on any atom is -0.464 e. The first-order valence-corrected chi connectivity index (χ1v) is 8.06. The van der Waals surface area contributed by atoms with Crippen LogP contribution in [0.4, 0.5) is 4.79 Å². The Hall–Kier alpha value is -2.04. The molecule has 1 heterocycles. The second-order valence-corrected chi connectivity index (χ2v) is 6.66. The van der Waals surface area contributed by atoms with E-state index in [2.05, 4.69) is 0 Å². The Morgan fingerprint density at radius 1 is 1.17 bits per heavy atom. The van der Waals surface area contributed by atoms with Gasteiger partial charge in [0.1, 0.15) is 11.6 Å². The van der Waals surface area contributed by atoms with Crippen molar-refractivity contribution in [1.29, 1.82) is 0 Å². The zero-order chi connectivity index (χ0) is 17.0. The van der Waals surface area contributed by atoms with E-state index in [1.165, 1.54) is 0 Å². The molecule has 1 aromatic rings. The summed E-state index contributed by atoms with van der Waals surface area (Å²) < 4.78 is 10.6. The Morgan fingerprint density at radius 2 is 1.83 bits per heavy atom. The van der Waals surface area contributed by atoms with E-state index in [1.807, 2.05) is 51.1 Å². The third kappa shape index (κ3) is 4.24. The Labute approximate surface area is 137 Å². The van der Waals surface area contributed by atoms with Crippen LogP contribution in [0.5, 0.6) is 0 Å². The van der Waals surface area contributed by atoms with Gasteiger partial charge in [-0.05, 0) is 46.1 Å². The average molecular weight is 319 g/mol. The molecule has 0 saturated carbocycles. The molecule has 0 bridgehead atoms. The highest BCUT2D eigenvalue weighted by molar-refractivity contribution is 5.82. The summed E-state index contributed by atoms with van der Waals surface area (Å²) in [5.74, 6) is -0.364. The summed E-state index contributed by atoms with van der Waals surface area (Å²) in [4.78, 5) is 26.4. The predicted molar refractivity (Wildman–Crippen MR) is 86.9 cm³/mol. The van der Waals surface area contributed by atoms with E-state index >= 15 is 0 Å². The topological polar surface area (TPSA) is 55.8 Å². The lowest BCUT2D eigenvalue weighted by Crippen LogP contribution is -2.45. The number of ether oxygens (including phenoxy) is 2. The molecule has 1 fully saturated rings. The third-order valence-electron chi connectivity index (χ3n) is 3.73. The van der Waals surface area contributed by atoms with Gasteiger partial charge in [-0.15, -0.1) is 0 Å². The van der Waals surface area contributed by atoms with Crippen LogP contribution >= 0.6 is 0 Å². The standard InChI is InChI=1S/C18H25NO4/c1-5-22-16(20)15-12-11-14(13-9-7-6-8-10-13)19(15)17(21)23-18(2,3)4/h6-10,14-15H,5,11-12H2,1-4H3/t14-,15+/m1/s1. The molecule has 0 spiro atoms. The highest BCUT2D eigenvalue weighted by Gasteiger charge is 2.44. The van der Waals surface area contributed by atoms with E-state index < -0.39 is 17.7 Å². The van der Waals surface area contributed by atoms with Gasteiger partial charge in [0.15, 0.2) is 0 Å². The van der Waals surface area contributed by atoms with Crippen LogP contribution in [0.1, 0.15) is 52.1 Å². The van der Waals surface area contributed by atoms with Gasteiger partial charge in [-0.2, -0.15) is 0 Å². The maximum atomic E-state index is 12.7. The molecule has 23 heavy (non-hydrogen) atoms. The van der Waals surface area contributed by atoms with Gasteiger partial charge in [0.05, 0.1) is 12.6 Å². The van der Waals surface area contributed by atoms with Crippen molar-refractivity contribution in [2.75, 3.05) is 6.61 Å². The largest absolute Gasteiger partial charge is 0.464 e. The van der Waals surface area contributed by atoms with Crippen molar-refractivity contribution < 1.29 is 19.1 Å². The molecule has 1 amide bonds. The maximum absolute atomic E-state index is 12.7. The van der Waals surface area contributed by atoms with Crippen LogP contribution in [0.3, 0.4) is 0 Å². The van der Waals surface area contributed by atoms with Gasteiger partial charge in [-0.3, -0.25) is 4.90 Å². The zero-order valence-electron chi connectivity index (χ0n) is 14.2. The summed E-state index contributed by atoms with van der Waals surface area (Å²) in [6.07, 6.45) is 0.826. The summed E-state index contributed by atoms with van der Waals surface area (Å²) in [5, 5.41) is 0. The Balaban J connectivity index is 2.28. The molecule has 0 aliphatic carbocycles. The van der Waals surface area contributed by atoms with Crippen LogP contribution in [0.15, 0.2) is 30.3 Å². The molecule has 5 nitrogen and oxygen atoms in total. The molecule has 0 unspecified atom stereocenters. The van der Waals surface area contributed by atoms with Crippen molar-refractivity contribution in [2.24, 2.45) is 0 Å². The molecule has 1 aromatic carbocycles. The third-order valence-corrected chi connectivity index (χ3v) is 3.73. The second-order valence-electron chi connectivity index (χ2n) is 6.66. The Morgan fingerprint density at radius 3 is 2.39 bits per heavy atom. The van der Waals surface area contributed by atoms with E-state index in [4.69, 9.17) is 9.47 Å². The number of esters is 1. The molecule has 0 aromatic heterocycles. The summed E-state index contributed by atoms with van der Waals surface area (Å²) in [6.45, 7) is 7.51. The lowest BCUT2D eigenvalue weighted by molar-refractivity contribution is -0.148. The Kier molecular flexibility index (Phi) is 5.29. The first-order chi connectivity index (χ1) is 10.8. The molecule has 0 N–H and O–H groups in total. The molecular weight excluding hydrogens is 294 g/mol. The van der Waals surface area contributed by atoms with Crippen molar-refractivity contribution in [3.8, 4) is 0 Å². The van der Waals surface area contributed by atoms with E-state index in [0.29, 0.717) is 19.4 Å². The minimum absolute atomic E-state index is 0.166. The van der Waals surface area contributed by atoms with Gasteiger partial charge in [-0.1, -0.05) is 30.3 Å². The van der Waals surface area contributed by atoms with Crippen LogP contribution in [-0.4, -0.2) is 35.2 Å².